The second-order valence-electron chi connectivity index (χ2n) is 4.93. The Hall–Kier alpha value is -2.49. The molecule has 0 saturated carbocycles. The molecule has 0 saturated heterocycles. The molecule has 0 fully saturated rings. The van der Waals surface area contributed by atoms with E-state index in [1.165, 1.54) is 13.2 Å². The fourth-order valence-electron chi connectivity index (χ4n) is 2.23. The van der Waals surface area contributed by atoms with Crippen LogP contribution in [0.1, 0.15) is 27.0 Å². The van der Waals surface area contributed by atoms with Gasteiger partial charge in [0, 0.05) is 0 Å². The molecule has 21 heavy (non-hydrogen) atoms. The number of para-hydroxylation sites is 1. The van der Waals surface area contributed by atoms with Crippen LogP contribution in [0.15, 0.2) is 36.4 Å². The van der Waals surface area contributed by atoms with E-state index in [2.05, 4.69) is 6.07 Å². The van der Waals surface area contributed by atoms with Gasteiger partial charge in [-0.2, -0.15) is 0 Å². The lowest BCUT2D eigenvalue weighted by molar-refractivity contribution is 0.0468. The molecule has 4 nitrogen and oxygen atoms in total. The van der Waals surface area contributed by atoms with Crippen LogP contribution in [0, 0.1) is 13.8 Å². The van der Waals surface area contributed by atoms with Gasteiger partial charge in [0.05, 0.1) is 7.11 Å². The number of phenolic OH excluding ortho intramolecular Hbond substituents is 1. The molecular formula is C17H18O4. The van der Waals surface area contributed by atoms with Gasteiger partial charge in [0.15, 0.2) is 11.5 Å². The Morgan fingerprint density at radius 3 is 2.43 bits per heavy atom. The molecule has 0 spiro atoms. The molecule has 0 bridgehead atoms. The maximum absolute atomic E-state index is 12.0. The van der Waals surface area contributed by atoms with Gasteiger partial charge in [-0.25, -0.2) is 4.79 Å². The number of hydrogen-bond acceptors (Lipinski definition) is 4. The zero-order valence-corrected chi connectivity index (χ0v) is 12.3. The van der Waals surface area contributed by atoms with Crippen LogP contribution in [0.4, 0.5) is 0 Å². The van der Waals surface area contributed by atoms with Gasteiger partial charge in [-0.3, -0.25) is 0 Å². The van der Waals surface area contributed by atoms with E-state index < -0.39 is 5.97 Å². The third-order valence-electron chi connectivity index (χ3n) is 3.09. The van der Waals surface area contributed by atoms with Crippen LogP contribution in [0.2, 0.25) is 0 Å². The van der Waals surface area contributed by atoms with Crippen molar-refractivity contribution in [2.24, 2.45) is 0 Å². The minimum absolute atomic E-state index is 0.0960. The SMILES string of the molecule is COc1cccc(C(=O)OCc2cc(C)cc(C)c2)c1O. The Morgan fingerprint density at radius 2 is 1.81 bits per heavy atom. The first-order valence-electron chi connectivity index (χ1n) is 6.61. The van der Waals surface area contributed by atoms with Crippen LogP contribution in [0.3, 0.4) is 0 Å². The van der Waals surface area contributed by atoms with Gasteiger partial charge in [0.25, 0.3) is 0 Å². The summed E-state index contributed by atoms with van der Waals surface area (Å²) in [7, 11) is 1.43. The molecule has 1 N–H and O–H groups in total. The monoisotopic (exact) mass is 286 g/mol. The molecule has 0 aliphatic carbocycles. The van der Waals surface area contributed by atoms with Crippen molar-refractivity contribution < 1.29 is 19.4 Å². The fourth-order valence-corrected chi connectivity index (χ4v) is 2.23. The molecule has 2 aromatic carbocycles. The molecule has 0 heterocycles. The minimum atomic E-state index is -0.578. The Kier molecular flexibility index (Phi) is 4.48. The summed E-state index contributed by atoms with van der Waals surface area (Å²) < 4.78 is 10.2. The van der Waals surface area contributed by atoms with Gasteiger partial charge in [-0.1, -0.05) is 35.4 Å². The molecule has 0 amide bonds. The van der Waals surface area contributed by atoms with Gasteiger partial charge in [0.2, 0.25) is 0 Å². The molecule has 0 aliphatic rings. The normalized spacial score (nSPS) is 10.2. The maximum atomic E-state index is 12.0. The van der Waals surface area contributed by atoms with E-state index >= 15 is 0 Å². The molecule has 0 unspecified atom stereocenters. The first-order chi connectivity index (χ1) is 10.0. The molecule has 4 heteroatoms. The van der Waals surface area contributed by atoms with Crippen LogP contribution in [-0.2, 0) is 11.3 Å². The number of aryl methyl sites for hydroxylation is 2. The third-order valence-corrected chi connectivity index (χ3v) is 3.09. The number of ether oxygens (including phenoxy) is 2. The molecular weight excluding hydrogens is 268 g/mol. The molecule has 2 rings (SSSR count). The first kappa shape index (κ1) is 14.9. The Balaban J connectivity index is 2.12. The minimum Gasteiger partial charge on any atom is -0.504 e. The van der Waals surface area contributed by atoms with Gasteiger partial charge < -0.3 is 14.6 Å². The molecule has 0 radical (unpaired) electrons. The number of benzene rings is 2. The van der Waals surface area contributed by atoms with E-state index in [-0.39, 0.29) is 23.7 Å². The van der Waals surface area contributed by atoms with Crippen molar-refractivity contribution in [3.05, 3.63) is 58.7 Å². The smallest absolute Gasteiger partial charge is 0.342 e. The van der Waals surface area contributed by atoms with Gasteiger partial charge >= 0.3 is 5.97 Å². The lowest BCUT2D eigenvalue weighted by Crippen LogP contribution is -2.06. The zero-order chi connectivity index (χ0) is 15.4. The van der Waals surface area contributed by atoms with Crippen molar-refractivity contribution >= 4 is 5.97 Å². The number of aromatic hydroxyl groups is 1. The number of carbonyl (C=O) groups is 1. The van der Waals surface area contributed by atoms with Crippen LogP contribution in [0.25, 0.3) is 0 Å². The van der Waals surface area contributed by atoms with Crippen molar-refractivity contribution in [2.45, 2.75) is 20.5 Å². The average molecular weight is 286 g/mol. The maximum Gasteiger partial charge on any atom is 0.342 e. The number of rotatable bonds is 4. The molecule has 110 valence electrons. The fraction of sp³-hybridized carbons (Fsp3) is 0.235. The van der Waals surface area contributed by atoms with E-state index in [0.717, 1.165) is 16.7 Å². The van der Waals surface area contributed by atoms with Crippen LogP contribution < -0.4 is 4.74 Å². The highest BCUT2D eigenvalue weighted by Gasteiger charge is 2.16. The van der Waals surface area contributed by atoms with E-state index in [9.17, 15) is 9.90 Å². The average Bonchev–Trinajstić information content (AvgIpc) is 2.44. The lowest BCUT2D eigenvalue weighted by Gasteiger charge is -2.10. The summed E-state index contributed by atoms with van der Waals surface area (Å²) in [5, 5.41) is 9.92. The van der Waals surface area contributed by atoms with Crippen molar-refractivity contribution in [1.29, 1.82) is 0 Å². The summed E-state index contributed by atoms with van der Waals surface area (Å²) in [4.78, 5) is 12.0. The molecule has 0 aromatic heterocycles. The molecule has 2 aromatic rings. The Morgan fingerprint density at radius 1 is 1.14 bits per heavy atom. The molecule has 0 atom stereocenters. The van der Waals surface area contributed by atoms with E-state index in [4.69, 9.17) is 9.47 Å². The predicted molar refractivity (Wildman–Crippen MR) is 79.7 cm³/mol. The van der Waals surface area contributed by atoms with Crippen molar-refractivity contribution in [3.63, 3.8) is 0 Å². The lowest BCUT2D eigenvalue weighted by atomic mass is 10.1. The summed E-state index contributed by atoms with van der Waals surface area (Å²) in [5.41, 5.74) is 3.25. The number of carbonyl (C=O) groups excluding carboxylic acids is 1. The molecule has 0 aliphatic heterocycles. The largest absolute Gasteiger partial charge is 0.504 e. The van der Waals surface area contributed by atoms with E-state index in [1.54, 1.807) is 12.1 Å². The topological polar surface area (TPSA) is 55.8 Å². The zero-order valence-electron chi connectivity index (χ0n) is 12.3. The predicted octanol–water partition coefficient (Wildman–Crippen LogP) is 3.37. The summed E-state index contributed by atoms with van der Waals surface area (Å²) in [6.45, 7) is 4.15. The van der Waals surface area contributed by atoms with Crippen LogP contribution in [-0.4, -0.2) is 18.2 Å². The first-order valence-corrected chi connectivity index (χ1v) is 6.61. The Bertz CT molecular complexity index is 642. The summed E-state index contributed by atoms with van der Waals surface area (Å²) in [5.74, 6) is -0.535. The quantitative estimate of drug-likeness (QED) is 0.875. The van der Waals surface area contributed by atoms with Gasteiger partial charge in [-0.15, -0.1) is 0 Å². The van der Waals surface area contributed by atoms with E-state index in [1.807, 2.05) is 26.0 Å². The van der Waals surface area contributed by atoms with Crippen LogP contribution >= 0.6 is 0 Å². The van der Waals surface area contributed by atoms with Crippen molar-refractivity contribution in [3.8, 4) is 11.5 Å². The summed E-state index contributed by atoms with van der Waals surface area (Å²) in [6.07, 6.45) is 0. The van der Waals surface area contributed by atoms with Gasteiger partial charge in [0.1, 0.15) is 12.2 Å². The Labute approximate surface area is 123 Å². The number of phenols is 1. The highest BCUT2D eigenvalue weighted by Crippen LogP contribution is 2.29. The number of esters is 1. The standard InChI is InChI=1S/C17H18O4/c1-11-7-12(2)9-13(8-11)10-21-17(19)14-5-4-6-15(20-3)16(14)18/h4-9,18H,10H2,1-3H3. The summed E-state index contributed by atoms with van der Waals surface area (Å²) >= 11 is 0. The second kappa shape index (κ2) is 6.31. The number of methoxy groups -OCH3 is 1. The van der Waals surface area contributed by atoms with E-state index in [0.29, 0.717) is 0 Å². The number of hydrogen-bond donors (Lipinski definition) is 1. The van der Waals surface area contributed by atoms with Gasteiger partial charge in [-0.05, 0) is 31.5 Å². The highest BCUT2D eigenvalue weighted by atomic mass is 16.5. The van der Waals surface area contributed by atoms with Crippen LogP contribution in [0.5, 0.6) is 11.5 Å². The van der Waals surface area contributed by atoms with Crippen molar-refractivity contribution in [2.75, 3.05) is 7.11 Å². The summed E-state index contributed by atoms with van der Waals surface area (Å²) in [6, 6.07) is 10.7. The second-order valence-corrected chi connectivity index (χ2v) is 4.93. The third kappa shape index (κ3) is 3.54. The van der Waals surface area contributed by atoms with Crippen molar-refractivity contribution in [1.82, 2.24) is 0 Å². The highest BCUT2D eigenvalue weighted by molar-refractivity contribution is 5.93.